The zero-order valence-electron chi connectivity index (χ0n) is 11.6. The molecule has 1 saturated heterocycles. The molecule has 2 aromatic rings. The first kappa shape index (κ1) is 12.8. The fourth-order valence-electron chi connectivity index (χ4n) is 2.76. The van der Waals surface area contributed by atoms with Gasteiger partial charge in [-0.05, 0) is 26.0 Å². The Morgan fingerprint density at radius 2 is 1.80 bits per heavy atom. The predicted molar refractivity (Wildman–Crippen MR) is 76.5 cm³/mol. The Morgan fingerprint density at radius 3 is 2.45 bits per heavy atom. The Morgan fingerprint density at radius 1 is 1.15 bits per heavy atom. The van der Waals surface area contributed by atoms with Gasteiger partial charge in [-0.25, -0.2) is 0 Å². The average molecular weight is 268 g/mol. The van der Waals surface area contributed by atoms with Crippen LogP contribution >= 0.6 is 0 Å². The lowest BCUT2D eigenvalue weighted by Gasteiger charge is -2.37. The number of nitriles is 1. The number of anilines is 1. The molecule has 1 aliphatic rings. The van der Waals surface area contributed by atoms with Crippen molar-refractivity contribution >= 4 is 16.7 Å². The van der Waals surface area contributed by atoms with Gasteiger partial charge in [-0.15, -0.1) is 0 Å². The van der Waals surface area contributed by atoms with Gasteiger partial charge in [-0.2, -0.15) is 5.26 Å². The van der Waals surface area contributed by atoms with E-state index in [9.17, 15) is 0 Å². The SMILES string of the molecule is CC1CN(c2ccc(C#N)c3nccnc23)CC(C)O1. The molecule has 0 N–H and O–H groups in total. The molecular weight excluding hydrogens is 252 g/mol. The highest BCUT2D eigenvalue weighted by Crippen LogP contribution is 2.28. The molecule has 102 valence electrons. The number of nitrogens with zero attached hydrogens (tertiary/aromatic N) is 4. The predicted octanol–water partition coefficient (Wildman–Crippen LogP) is 2.12. The zero-order valence-corrected chi connectivity index (χ0v) is 11.6. The van der Waals surface area contributed by atoms with Crippen molar-refractivity contribution in [3.8, 4) is 6.07 Å². The smallest absolute Gasteiger partial charge is 0.113 e. The van der Waals surface area contributed by atoms with Crippen LogP contribution in [0.2, 0.25) is 0 Å². The molecule has 2 unspecified atom stereocenters. The van der Waals surface area contributed by atoms with E-state index >= 15 is 0 Å². The van der Waals surface area contributed by atoms with E-state index in [0.717, 1.165) is 24.3 Å². The van der Waals surface area contributed by atoms with Crippen molar-refractivity contribution < 1.29 is 4.74 Å². The Hall–Kier alpha value is -2.19. The number of fused-ring (bicyclic) bond motifs is 1. The Kier molecular flexibility index (Phi) is 3.25. The lowest BCUT2D eigenvalue weighted by Crippen LogP contribution is -2.45. The third-order valence-corrected chi connectivity index (χ3v) is 3.48. The van der Waals surface area contributed by atoms with Crippen molar-refractivity contribution in [3.63, 3.8) is 0 Å². The maximum Gasteiger partial charge on any atom is 0.113 e. The Labute approximate surface area is 117 Å². The van der Waals surface area contributed by atoms with E-state index in [2.05, 4.69) is 34.8 Å². The summed E-state index contributed by atoms with van der Waals surface area (Å²) in [6.45, 7) is 5.78. The molecular formula is C15H16N4O. The molecule has 0 bridgehead atoms. The summed E-state index contributed by atoms with van der Waals surface area (Å²) in [6.07, 6.45) is 3.65. The first-order valence-electron chi connectivity index (χ1n) is 6.73. The molecule has 0 saturated carbocycles. The lowest BCUT2D eigenvalue weighted by atomic mass is 10.1. The summed E-state index contributed by atoms with van der Waals surface area (Å²) in [5.41, 5.74) is 3.03. The van der Waals surface area contributed by atoms with Gasteiger partial charge in [0.2, 0.25) is 0 Å². The van der Waals surface area contributed by atoms with Crippen molar-refractivity contribution in [2.75, 3.05) is 18.0 Å². The normalized spacial score (nSPS) is 22.8. The van der Waals surface area contributed by atoms with E-state index in [1.54, 1.807) is 12.4 Å². The van der Waals surface area contributed by atoms with Crippen molar-refractivity contribution in [3.05, 3.63) is 30.1 Å². The Balaban J connectivity index is 2.11. The first-order chi connectivity index (χ1) is 9.69. The molecule has 1 aromatic heterocycles. The molecule has 0 amide bonds. The van der Waals surface area contributed by atoms with Crippen LogP contribution < -0.4 is 4.90 Å². The van der Waals surface area contributed by atoms with E-state index in [4.69, 9.17) is 10.00 Å². The molecule has 1 aromatic carbocycles. The van der Waals surface area contributed by atoms with E-state index in [-0.39, 0.29) is 12.2 Å². The summed E-state index contributed by atoms with van der Waals surface area (Å²) in [4.78, 5) is 11.0. The molecule has 1 aliphatic heterocycles. The van der Waals surface area contributed by atoms with Gasteiger partial charge >= 0.3 is 0 Å². The third kappa shape index (κ3) is 2.19. The molecule has 3 rings (SSSR count). The van der Waals surface area contributed by atoms with Crippen LogP contribution in [0, 0.1) is 11.3 Å². The van der Waals surface area contributed by atoms with Crippen LogP contribution in [-0.4, -0.2) is 35.3 Å². The van der Waals surface area contributed by atoms with Crippen molar-refractivity contribution in [1.29, 1.82) is 5.26 Å². The number of ether oxygens (including phenoxy) is 1. The maximum absolute atomic E-state index is 9.17. The van der Waals surface area contributed by atoms with Gasteiger partial charge in [-0.3, -0.25) is 9.97 Å². The molecule has 0 spiro atoms. The van der Waals surface area contributed by atoms with E-state index in [1.165, 1.54) is 0 Å². The first-order valence-corrected chi connectivity index (χ1v) is 6.73. The summed E-state index contributed by atoms with van der Waals surface area (Å²) < 4.78 is 5.76. The fourth-order valence-corrected chi connectivity index (χ4v) is 2.76. The molecule has 1 fully saturated rings. The fraction of sp³-hybridized carbons (Fsp3) is 0.400. The summed E-state index contributed by atoms with van der Waals surface area (Å²) in [5.74, 6) is 0. The van der Waals surface area contributed by atoms with Gasteiger partial charge in [0.15, 0.2) is 0 Å². The molecule has 0 aliphatic carbocycles. The van der Waals surface area contributed by atoms with Crippen molar-refractivity contribution in [2.45, 2.75) is 26.1 Å². The number of morpholine rings is 1. The van der Waals surface area contributed by atoms with Crippen molar-refractivity contribution in [2.24, 2.45) is 0 Å². The number of hydrogen-bond donors (Lipinski definition) is 0. The minimum atomic E-state index is 0.182. The van der Waals surface area contributed by atoms with Gasteiger partial charge < -0.3 is 9.64 Å². The van der Waals surface area contributed by atoms with Crippen LogP contribution in [0.25, 0.3) is 11.0 Å². The number of rotatable bonds is 1. The number of benzene rings is 1. The van der Waals surface area contributed by atoms with Gasteiger partial charge in [-0.1, -0.05) is 0 Å². The van der Waals surface area contributed by atoms with Crippen LogP contribution in [0.5, 0.6) is 0 Å². The standard InChI is InChI=1S/C15H16N4O/c1-10-8-19(9-11(2)20-10)13-4-3-12(7-16)14-15(13)18-6-5-17-14/h3-6,10-11H,8-9H2,1-2H3. The van der Waals surface area contributed by atoms with Crippen LogP contribution in [0.3, 0.4) is 0 Å². The highest BCUT2D eigenvalue weighted by molar-refractivity contribution is 5.91. The van der Waals surface area contributed by atoms with Gasteiger partial charge in [0.25, 0.3) is 0 Å². The zero-order chi connectivity index (χ0) is 14.1. The summed E-state index contributed by atoms with van der Waals surface area (Å²) in [6, 6.07) is 5.95. The molecule has 20 heavy (non-hydrogen) atoms. The summed E-state index contributed by atoms with van der Waals surface area (Å²) >= 11 is 0. The van der Waals surface area contributed by atoms with E-state index in [1.807, 2.05) is 12.1 Å². The largest absolute Gasteiger partial charge is 0.372 e. The van der Waals surface area contributed by atoms with Crippen molar-refractivity contribution in [1.82, 2.24) is 9.97 Å². The lowest BCUT2D eigenvalue weighted by molar-refractivity contribution is -0.00514. The van der Waals surface area contributed by atoms with Crippen LogP contribution in [0.15, 0.2) is 24.5 Å². The number of aromatic nitrogens is 2. The second kappa shape index (κ2) is 5.06. The summed E-state index contributed by atoms with van der Waals surface area (Å²) in [7, 11) is 0. The van der Waals surface area contributed by atoms with Crippen LogP contribution in [0.1, 0.15) is 19.4 Å². The quantitative estimate of drug-likeness (QED) is 0.792. The highest BCUT2D eigenvalue weighted by Gasteiger charge is 2.24. The van der Waals surface area contributed by atoms with Gasteiger partial charge in [0, 0.05) is 25.5 Å². The Bertz CT molecular complexity index is 669. The van der Waals surface area contributed by atoms with Crippen LogP contribution in [0.4, 0.5) is 5.69 Å². The highest BCUT2D eigenvalue weighted by atomic mass is 16.5. The maximum atomic E-state index is 9.17. The molecule has 5 nitrogen and oxygen atoms in total. The number of hydrogen-bond acceptors (Lipinski definition) is 5. The average Bonchev–Trinajstić information content (AvgIpc) is 2.45. The second-order valence-corrected chi connectivity index (χ2v) is 5.16. The topological polar surface area (TPSA) is 62.0 Å². The van der Waals surface area contributed by atoms with Crippen LogP contribution in [-0.2, 0) is 4.74 Å². The van der Waals surface area contributed by atoms with E-state index in [0.29, 0.717) is 11.1 Å². The van der Waals surface area contributed by atoms with Gasteiger partial charge in [0.05, 0.1) is 23.5 Å². The molecule has 0 radical (unpaired) electrons. The summed E-state index contributed by atoms with van der Waals surface area (Å²) in [5, 5.41) is 9.17. The molecule has 5 heteroatoms. The van der Waals surface area contributed by atoms with Gasteiger partial charge in [0.1, 0.15) is 17.1 Å². The molecule has 2 atom stereocenters. The molecule has 2 heterocycles. The second-order valence-electron chi connectivity index (χ2n) is 5.16. The minimum Gasteiger partial charge on any atom is -0.372 e. The minimum absolute atomic E-state index is 0.182. The third-order valence-electron chi connectivity index (χ3n) is 3.48. The van der Waals surface area contributed by atoms with E-state index < -0.39 is 0 Å². The monoisotopic (exact) mass is 268 g/mol.